The van der Waals surface area contributed by atoms with Gasteiger partial charge in [0.1, 0.15) is 23.7 Å². The molecule has 1 aromatic carbocycles. The predicted octanol–water partition coefficient (Wildman–Crippen LogP) is 3.37. The van der Waals surface area contributed by atoms with E-state index in [0.29, 0.717) is 37.7 Å². The summed E-state index contributed by atoms with van der Waals surface area (Å²) in [6.45, 7) is 1.01. The minimum atomic E-state index is -4.31. The van der Waals surface area contributed by atoms with Crippen LogP contribution < -0.4 is 15.8 Å². The van der Waals surface area contributed by atoms with Crippen LogP contribution in [-0.4, -0.2) is 40.3 Å². The number of hydrogen-bond donors (Lipinski definition) is 1. The van der Waals surface area contributed by atoms with Crippen molar-refractivity contribution in [2.24, 2.45) is 5.92 Å². The van der Waals surface area contributed by atoms with Gasteiger partial charge in [0.15, 0.2) is 0 Å². The number of aryl methyl sites for hydroxylation is 1. The first-order valence-corrected chi connectivity index (χ1v) is 11.8. The first-order chi connectivity index (χ1) is 16.7. The maximum atomic E-state index is 13.0. The van der Waals surface area contributed by atoms with Crippen LogP contribution in [0.4, 0.5) is 19.0 Å². The van der Waals surface area contributed by atoms with E-state index < -0.39 is 29.6 Å². The standard InChI is InChI=1S/C25H28F3N5O2/c26-25(27,28)9-4-7-20-30-21(32-12-8-19(15-32)13-18-5-2-1-3-6-18)14-23(35)33(20)16-22(34)31-24(17-29)10-11-24/h1-3,5-6,14,19H,4,7-13,15-16H2,(H,31,34). The lowest BCUT2D eigenvalue weighted by atomic mass is 9.99. The second-order valence-corrected chi connectivity index (χ2v) is 9.46. The van der Waals surface area contributed by atoms with Gasteiger partial charge >= 0.3 is 6.18 Å². The second-order valence-electron chi connectivity index (χ2n) is 9.46. The van der Waals surface area contributed by atoms with Gasteiger partial charge in [0, 0.05) is 32.0 Å². The van der Waals surface area contributed by atoms with Gasteiger partial charge in [-0.3, -0.25) is 14.2 Å². The van der Waals surface area contributed by atoms with Crippen LogP contribution in [0.1, 0.15) is 43.5 Å². The minimum Gasteiger partial charge on any atom is -0.356 e. The first-order valence-electron chi connectivity index (χ1n) is 11.8. The smallest absolute Gasteiger partial charge is 0.356 e. The Morgan fingerprint density at radius 1 is 1.26 bits per heavy atom. The third-order valence-corrected chi connectivity index (χ3v) is 6.56. The summed E-state index contributed by atoms with van der Waals surface area (Å²) in [7, 11) is 0. The Morgan fingerprint density at radius 2 is 2.00 bits per heavy atom. The van der Waals surface area contributed by atoms with E-state index in [1.165, 1.54) is 11.6 Å². The van der Waals surface area contributed by atoms with E-state index >= 15 is 0 Å². The van der Waals surface area contributed by atoms with Crippen molar-refractivity contribution in [3.05, 3.63) is 58.1 Å². The van der Waals surface area contributed by atoms with Crippen LogP contribution >= 0.6 is 0 Å². The fraction of sp³-hybridized carbons (Fsp3) is 0.520. The van der Waals surface area contributed by atoms with Gasteiger partial charge in [0.25, 0.3) is 5.56 Å². The third kappa shape index (κ3) is 6.62. The number of nitriles is 1. The topological polar surface area (TPSA) is 91.0 Å². The van der Waals surface area contributed by atoms with E-state index in [1.54, 1.807) is 0 Å². The Morgan fingerprint density at radius 3 is 2.66 bits per heavy atom. The van der Waals surface area contributed by atoms with E-state index in [-0.39, 0.29) is 25.2 Å². The summed E-state index contributed by atoms with van der Waals surface area (Å²) in [5.41, 5.74) is -0.152. The highest BCUT2D eigenvalue weighted by Crippen LogP contribution is 2.34. The molecule has 1 aliphatic heterocycles. The second kappa shape index (κ2) is 10.1. The van der Waals surface area contributed by atoms with Crippen molar-refractivity contribution >= 4 is 11.7 Å². The van der Waals surface area contributed by atoms with Gasteiger partial charge in [-0.05, 0) is 43.6 Å². The van der Waals surface area contributed by atoms with Crippen molar-refractivity contribution in [1.29, 1.82) is 5.26 Å². The molecule has 1 unspecified atom stereocenters. The third-order valence-electron chi connectivity index (χ3n) is 6.56. The fourth-order valence-electron chi connectivity index (χ4n) is 4.50. The molecule has 0 spiro atoms. The van der Waals surface area contributed by atoms with Crippen LogP contribution in [0.2, 0.25) is 0 Å². The molecular weight excluding hydrogens is 459 g/mol. The zero-order valence-corrected chi connectivity index (χ0v) is 19.4. The molecule has 4 rings (SSSR count). The number of anilines is 1. The molecule has 2 fully saturated rings. The van der Waals surface area contributed by atoms with E-state index in [1.807, 2.05) is 23.1 Å². The Kier molecular flexibility index (Phi) is 7.15. The summed E-state index contributed by atoms with van der Waals surface area (Å²) in [6.07, 6.45) is -2.74. The SMILES string of the molecule is N#CC1(NC(=O)Cn2c(CCCC(F)(F)F)nc(N3CCC(Cc4ccccc4)C3)cc2=O)CC1. The number of nitrogens with zero attached hydrogens (tertiary/aromatic N) is 4. The lowest BCUT2D eigenvalue weighted by molar-refractivity contribution is -0.135. The molecular formula is C25H28F3N5O2. The Hall–Kier alpha value is -3.35. The van der Waals surface area contributed by atoms with Crippen molar-refractivity contribution in [2.45, 2.75) is 63.2 Å². The molecule has 1 saturated heterocycles. The van der Waals surface area contributed by atoms with E-state index in [4.69, 9.17) is 0 Å². The predicted molar refractivity (Wildman–Crippen MR) is 124 cm³/mol. The molecule has 1 aromatic heterocycles. The van der Waals surface area contributed by atoms with Gasteiger partial charge in [-0.2, -0.15) is 18.4 Å². The summed E-state index contributed by atoms with van der Waals surface area (Å²) in [4.78, 5) is 32.0. The maximum absolute atomic E-state index is 13.0. The van der Waals surface area contributed by atoms with Crippen molar-refractivity contribution in [2.75, 3.05) is 18.0 Å². The zero-order valence-electron chi connectivity index (χ0n) is 19.4. The van der Waals surface area contributed by atoms with Gasteiger partial charge in [-0.25, -0.2) is 4.98 Å². The van der Waals surface area contributed by atoms with E-state index in [9.17, 15) is 28.0 Å². The molecule has 35 heavy (non-hydrogen) atoms. The number of benzene rings is 1. The average molecular weight is 488 g/mol. The largest absolute Gasteiger partial charge is 0.389 e. The number of aromatic nitrogens is 2. The molecule has 10 heteroatoms. The monoisotopic (exact) mass is 487 g/mol. The molecule has 1 N–H and O–H groups in total. The molecule has 2 heterocycles. The van der Waals surface area contributed by atoms with Crippen LogP contribution in [0.15, 0.2) is 41.2 Å². The van der Waals surface area contributed by atoms with E-state index in [0.717, 1.165) is 17.4 Å². The summed E-state index contributed by atoms with van der Waals surface area (Å²) >= 11 is 0. The highest BCUT2D eigenvalue weighted by atomic mass is 19.4. The van der Waals surface area contributed by atoms with Crippen LogP contribution in [-0.2, 0) is 24.2 Å². The summed E-state index contributed by atoms with van der Waals surface area (Å²) in [6, 6.07) is 13.5. The van der Waals surface area contributed by atoms with Crippen LogP contribution in [0.5, 0.6) is 0 Å². The van der Waals surface area contributed by atoms with Crippen LogP contribution in [0, 0.1) is 17.2 Å². The van der Waals surface area contributed by atoms with Crippen molar-refractivity contribution in [1.82, 2.24) is 14.9 Å². The normalized spacial score (nSPS) is 18.8. The van der Waals surface area contributed by atoms with Gasteiger partial charge in [-0.15, -0.1) is 0 Å². The Labute approximate surface area is 201 Å². The quantitative estimate of drug-likeness (QED) is 0.586. The molecule has 7 nitrogen and oxygen atoms in total. The zero-order chi connectivity index (χ0) is 25.1. The van der Waals surface area contributed by atoms with Gasteiger partial charge in [0.2, 0.25) is 5.91 Å². The Bertz CT molecular complexity index is 1150. The molecule has 1 aliphatic carbocycles. The highest BCUT2D eigenvalue weighted by molar-refractivity contribution is 5.77. The number of rotatable bonds is 9. The van der Waals surface area contributed by atoms with Gasteiger partial charge in [0.05, 0.1) is 6.07 Å². The summed E-state index contributed by atoms with van der Waals surface area (Å²) in [5, 5.41) is 11.8. The van der Waals surface area contributed by atoms with Crippen LogP contribution in [0.3, 0.4) is 0 Å². The molecule has 1 atom stereocenters. The highest BCUT2D eigenvalue weighted by Gasteiger charge is 2.44. The van der Waals surface area contributed by atoms with Crippen molar-refractivity contribution in [3.8, 4) is 6.07 Å². The number of nitrogens with one attached hydrogen (secondary N) is 1. The number of halogens is 3. The fourth-order valence-corrected chi connectivity index (χ4v) is 4.50. The lowest BCUT2D eigenvalue weighted by Gasteiger charge is -2.21. The van der Waals surface area contributed by atoms with Crippen molar-refractivity contribution < 1.29 is 18.0 Å². The summed E-state index contributed by atoms with van der Waals surface area (Å²) in [5.74, 6) is 0.434. The summed E-state index contributed by atoms with van der Waals surface area (Å²) < 4.78 is 39.3. The van der Waals surface area contributed by atoms with Gasteiger partial charge in [-0.1, -0.05) is 30.3 Å². The maximum Gasteiger partial charge on any atom is 0.389 e. The van der Waals surface area contributed by atoms with E-state index in [2.05, 4.69) is 28.5 Å². The average Bonchev–Trinajstić information content (AvgIpc) is 3.42. The molecule has 1 saturated carbocycles. The minimum absolute atomic E-state index is 0.0828. The molecule has 2 aliphatic rings. The number of alkyl halides is 3. The number of carbonyl (C=O) groups is 1. The molecule has 0 radical (unpaired) electrons. The lowest BCUT2D eigenvalue weighted by Crippen LogP contribution is -2.41. The molecule has 1 amide bonds. The molecule has 0 bridgehead atoms. The van der Waals surface area contributed by atoms with Crippen LogP contribution in [0.25, 0.3) is 0 Å². The Balaban J connectivity index is 1.50. The number of hydrogen-bond acceptors (Lipinski definition) is 5. The first kappa shape index (κ1) is 24.8. The molecule has 186 valence electrons. The molecule has 2 aromatic rings. The van der Waals surface area contributed by atoms with Gasteiger partial charge < -0.3 is 10.2 Å². The number of carbonyl (C=O) groups excluding carboxylic acids is 1. The number of amides is 1. The van der Waals surface area contributed by atoms with Crippen molar-refractivity contribution in [3.63, 3.8) is 0 Å².